The molecule has 4 nitrogen and oxygen atoms in total. The number of hydrogen-bond donors (Lipinski definition) is 2. The average Bonchev–Trinajstić information content (AvgIpc) is 2.48. The van der Waals surface area contributed by atoms with Crippen LogP contribution in [0.1, 0.15) is 35.7 Å². The quantitative estimate of drug-likeness (QED) is 0.865. The van der Waals surface area contributed by atoms with Gasteiger partial charge in [0.25, 0.3) is 5.91 Å². The van der Waals surface area contributed by atoms with E-state index < -0.39 is 0 Å². The van der Waals surface area contributed by atoms with Gasteiger partial charge in [-0.3, -0.25) is 4.79 Å². The van der Waals surface area contributed by atoms with Crippen LogP contribution < -0.4 is 10.6 Å². The molecule has 2 unspecified atom stereocenters. The van der Waals surface area contributed by atoms with Crippen LogP contribution in [0.5, 0.6) is 0 Å². The van der Waals surface area contributed by atoms with Gasteiger partial charge in [0, 0.05) is 11.6 Å². The van der Waals surface area contributed by atoms with Crippen LogP contribution in [0.4, 0.5) is 0 Å². The number of hydrogen-bond acceptors (Lipinski definition) is 3. The van der Waals surface area contributed by atoms with Crippen LogP contribution in [0.15, 0.2) is 24.3 Å². The maximum Gasteiger partial charge on any atom is 0.251 e. The molecular weight excluding hydrogens is 238 g/mol. The van der Waals surface area contributed by atoms with Gasteiger partial charge in [-0.1, -0.05) is 6.07 Å². The van der Waals surface area contributed by atoms with Crippen molar-refractivity contribution in [3.8, 4) is 6.07 Å². The largest absolute Gasteiger partial charge is 0.349 e. The fourth-order valence-corrected chi connectivity index (χ4v) is 2.44. The molecule has 1 fully saturated rings. The van der Waals surface area contributed by atoms with Crippen LogP contribution in [0.25, 0.3) is 0 Å². The van der Waals surface area contributed by atoms with Gasteiger partial charge < -0.3 is 10.6 Å². The minimum Gasteiger partial charge on any atom is -0.349 e. The Morgan fingerprint density at radius 2 is 2.42 bits per heavy atom. The van der Waals surface area contributed by atoms with Gasteiger partial charge in [-0.15, -0.1) is 0 Å². The Morgan fingerprint density at radius 1 is 1.58 bits per heavy atom. The molecular formula is C15H19N3O. The summed E-state index contributed by atoms with van der Waals surface area (Å²) in [5.74, 6) is 0.382. The summed E-state index contributed by atoms with van der Waals surface area (Å²) in [5.41, 5.74) is 1.06. The first-order valence-corrected chi connectivity index (χ1v) is 6.72. The molecule has 0 spiro atoms. The number of carbonyl (C=O) groups excluding carboxylic acids is 1. The summed E-state index contributed by atoms with van der Waals surface area (Å²) < 4.78 is 0. The second kappa shape index (κ2) is 6.35. The molecule has 1 saturated heterocycles. The topological polar surface area (TPSA) is 64.9 Å². The maximum absolute atomic E-state index is 12.1. The monoisotopic (exact) mass is 257 g/mol. The van der Waals surface area contributed by atoms with Crippen molar-refractivity contribution in [3.05, 3.63) is 35.4 Å². The second-order valence-electron chi connectivity index (χ2n) is 5.06. The Hall–Kier alpha value is -1.86. The molecule has 2 N–H and O–H groups in total. The van der Waals surface area contributed by atoms with E-state index in [9.17, 15) is 4.79 Å². The molecule has 1 aromatic rings. The zero-order chi connectivity index (χ0) is 13.7. The second-order valence-corrected chi connectivity index (χ2v) is 5.06. The Bertz CT molecular complexity index is 486. The number of piperidine rings is 1. The molecule has 4 heteroatoms. The molecule has 0 aromatic heterocycles. The van der Waals surface area contributed by atoms with Crippen molar-refractivity contribution in [3.63, 3.8) is 0 Å². The van der Waals surface area contributed by atoms with E-state index in [1.807, 2.05) is 13.0 Å². The Labute approximate surface area is 113 Å². The normalized spacial score (nSPS) is 20.3. The van der Waals surface area contributed by atoms with Crippen molar-refractivity contribution < 1.29 is 4.79 Å². The zero-order valence-corrected chi connectivity index (χ0v) is 11.1. The van der Waals surface area contributed by atoms with Crippen molar-refractivity contribution >= 4 is 5.91 Å². The Kier molecular flexibility index (Phi) is 4.53. The molecule has 0 bridgehead atoms. The van der Waals surface area contributed by atoms with Crippen LogP contribution in [0, 0.1) is 17.2 Å². The first-order valence-electron chi connectivity index (χ1n) is 6.72. The van der Waals surface area contributed by atoms with Crippen molar-refractivity contribution in [1.82, 2.24) is 10.6 Å². The van der Waals surface area contributed by atoms with E-state index in [0.717, 1.165) is 25.9 Å². The van der Waals surface area contributed by atoms with E-state index in [1.165, 1.54) is 0 Å². The molecule has 1 heterocycles. The van der Waals surface area contributed by atoms with Crippen LogP contribution >= 0.6 is 0 Å². The number of benzene rings is 1. The molecule has 0 aliphatic carbocycles. The number of rotatable bonds is 3. The highest BCUT2D eigenvalue weighted by molar-refractivity contribution is 5.94. The SMILES string of the molecule is CC(NC(=O)c1cccc(C#N)c1)C1CCCNC1. The lowest BCUT2D eigenvalue weighted by Crippen LogP contribution is -2.44. The van der Waals surface area contributed by atoms with Gasteiger partial charge in [-0.05, 0) is 57.0 Å². The Morgan fingerprint density at radius 3 is 3.11 bits per heavy atom. The molecule has 1 aromatic carbocycles. The van der Waals surface area contributed by atoms with E-state index in [-0.39, 0.29) is 11.9 Å². The zero-order valence-electron chi connectivity index (χ0n) is 11.1. The van der Waals surface area contributed by atoms with E-state index in [0.29, 0.717) is 17.0 Å². The number of nitrogens with zero attached hydrogens (tertiary/aromatic N) is 1. The molecule has 2 rings (SSSR count). The van der Waals surface area contributed by atoms with Gasteiger partial charge in [0.05, 0.1) is 11.6 Å². The lowest BCUT2D eigenvalue weighted by molar-refractivity contribution is 0.0922. The minimum atomic E-state index is -0.102. The minimum absolute atomic E-state index is 0.102. The lowest BCUT2D eigenvalue weighted by atomic mass is 9.92. The summed E-state index contributed by atoms with van der Waals surface area (Å²) in [5, 5.41) is 15.2. The van der Waals surface area contributed by atoms with Crippen molar-refractivity contribution in [2.75, 3.05) is 13.1 Å². The van der Waals surface area contributed by atoms with Crippen molar-refractivity contribution in [2.45, 2.75) is 25.8 Å². The third-order valence-corrected chi connectivity index (χ3v) is 3.65. The molecule has 0 saturated carbocycles. The molecule has 0 radical (unpaired) electrons. The number of nitriles is 1. The van der Waals surface area contributed by atoms with Gasteiger partial charge in [0.15, 0.2) is 0 Å². The van der Waals surface area contributed by atoms with Crippen molar-refractivity contribution in [1.29, 1.82) is 5.26 Å². The summed E-state index contributed by atoms with van der Waals surface area (Å²) >= 11 is 0. The third kappa shape index (κ3) is 3.55. The first kappa shape index (κ1) is 13.6. The fourth-order valence-electron chi connectivity index (χ4n) is 2.44. The summed E-state index contributed by atoms with van der Waals surface area (Å²) in [7, 11) is 0. The van der Waals surface area contributed by atoms with Crippen molar-refractivity contribution in [2.24, 2.45) is 5.92 Å². The van der Waals surface area contributed by atoms with Crippen LogP contribution in [0.3, 0.4) is 0 Å². The summed E-state index contributed by atoms with van der Waals surface area (Å²) in [6.07, 6.45) is 2.31. The summed E-state index contributed by atoms with van der Waals surface area (Å²) in [6.45, 7) is 4.07. The van der Waals surface area contributed by atoms with E-state index in [2.05, 4.69) is 10.6 Å². The van der Waals surface area contributed by atoms with Crippen LogP contribution in [-0.4, -0.2) is 25.0 Å². The highest BCUT2D eigenvalue weighted by Gasteiger charge is 2.21. The lowest BCUT2D eigenvalue weighted by Gasteiger charge is -2.28. The Balaban J connectivity index is 1.98. The third-order valence-electron chi connectivity index (χ3n) is 3.65. The fraction of sp³-hybridized carbons (Fsp3) is 0.467. The van der Waals surface area contributed by atoms with E-state index in [1.54, 1.807) is 24.3 Å². The first-order chi connectivity index (χ1) is 9.20. The molecule has 1 aliphatic heterocycles. The maximum atomic E-state index is 12.1. The number of amides is 1. The van der Waals surface area contributed by atoms with Gasteiger partial charge in [-0.2, -0.15) is 5.26 Å². The summed E-state index contributed by atoms with van der Waals surface area (Å²) in [4.78, 5) is 12.1. The standard InChI is InChI=1S/C15H19N3O/c1-11(14-6-3-7-17-10-14)18-15(19)13-5-2-4-12(8-13)9-16/h2,4-5,8,11,14,17H,3,6-7,10H2,1H3,(H,18,19). The van der Waals surface area contributed by atoms with Crippen LogP contribution in [-0.2, 0) is 0 Å². The molecule has 1 aliphatic rings. The molecule has 1 amide bonds. The highest BCUT2D eigenvalue weighted by Crippen LogP contribution is 2.15. The molecule has 100 valence electrons. The molecule has 2 atom stereocenters. The van der Waals surface area contributed by atoms with Gasteiger partial charge in [0.2, 0.25) is 0 Å². The van der Waals surface area contributed by atoms with Crippen LogP contribution in [0.2, 0.25) is 0 Å². The molecule has 19 heavy (non-hydrogen) atoms. The van der Waals surface area contributed by atoms with E-state index in [4.69, 9.17) is 5.26 Å². The summed E-state index contributed by atoms with van der Waals surface area (Å²) in [6, 6.07) is 8.99. The number of carbonyl (C=O) groups is 1. The van der Waals surface area contributed by atoms with Gasteiger partial charge >= 0.3 is 0 Å². The predicted molar refractivity (Wildman–Crippen MR) is 73.7 cm³/mol. The smallest absolute Gasteiger partial charge is 0.251 e. The van der Waals surface area contributed by atoms with E-state index >= 15 is 0 Å². The van der Waals surface area contributed by atoms with Gasteiger partial charge in [0.1, 0.15) is 0 Å². The predicted octanol–water partition coefficient (Wildman–Crippen LogP) is 1.68. The highest BCUT2D eigenvalue weighted by atomic mass is 16.1. The van der Waals surface area contributed by atoms with Gasteiger partial charge in [-0.25, -0.2) is 0 Å². The number of nitrogens with one attached hydrogen (secondary N) is 2. The average molecular weight is 257 g/mol.